The van der Waals surface area contributed by atoms with E-state index in [-0.39, 0.29) is 48.5 Å². The van der Waals surface area contributed by atoms with Crippen LogP contribution in [0, 0.1) is 0 Å². The van der Waals surface area contributed by atoms with Crippen molar-refractivity contribution in [1.82, 2.24) is 10.6 Å². The third-order valence-electron chi connectivity index (χ3n) is 9.05. The highest BCUT2D eigenvalue weighted by Crippen LogP contribution is 2.34. The van der Waals surface area contributed by atoms with Gasteiger partial charge in [0.05, 0.1) is 24.7 Å². The smallest absolute Gasteiger partial charge is 0.255 e. The largest absolute Gasteiger partial charge is 0.497 e. The zero-order valence-corrected chi connectivity index (χ0v) is 30.2. The Kier molecular flexibility index (Phi) is 12.4. The van der Waals surface area contributed by atoms with E-state index in [9.17, 15) is 27.9 Å². The van der Waals surface area contributed by atoms with E-state index < -0.39 is 34.6 Å². The van der Waals surface area contributed by atoms with Crippen LogP contribution in [0.5, 0.6) is 5.75 Å². The second-order valence-corrected chi connectivity index (χ2v) is 14.4. The maximum Gasteiger partial charge on any atom is 0.255 e. The first kappa shape index (κ1) is 38.2. The fraction of sp³-hybridized carbons (Fsp3) is 0.333. The molecule has 2 atom stereocenters. The zero-order valence-electron chi connectivity index (χ0n) is 29.4. The van der Waals surface area contributed by atoms with E-state index >= 15 is 0 Å². The van der Waals surface area contributed by atoms with E-state index in [4.69, 9.17) is 9.84 Å². The standard InChI is InChI=1S/C39H44N4O8S/c1-39(2,40-22-28(45)24-44)21-36(46)41-33-17-14-27-20-29(51-3)15-18-34(27)43(38(33)48)23-25-13-16-31(35(19-25)52(49)50)30-11-7-8-12-32(30)42-37(47)26-9-5-4-6-10-26/h4-13,15-16,18,20,28,33,40,44-45H,14,17,19,21-24H2,1-3H3,(H,41,46)(H,42,47)/t28-,33+/m0/s1. The second kappa shape index (κ2) is 17.0. The highest BCUT2D eigenvalue weighted by molar-refractivity contribution is 7.74. The number of rotatable bonds is 13. The van der Waals surface area contributed by atoms with Gasteiger partial charge >= 0.3 is 0 Å². The van der Waals surface area contributed by atoms with Crippen LogP contribution in [0.4, 0.5) is 11.4 Å². The Morgan fingerprint density at radius 2 is 1.77 bits per heavy atom. The van der Waals surface area contributed by atoms with Gasteiger partial charge in [0.2, 0.25) is 22.1 Å². The molecule has 0 fully saturated rings. The molecule has 5 rings (SSSR count). The number of ether oxygens (including phenoxy) is 1. The lowest BCUT2D eigenvalue weighted by molar-refractivity contribution is -0.128. The molecule has 0 unspecified atom stereocenters. The molecule has 13 heteroatoms. The summed E-state index contributed by atoms with van der Waals surface area (Å²) in [7, 11) is -1.07. The Morgan fingerprint density at radius 1 is 1.04 bits per heavy atom. The summed E-state index contributed by atoms with van der Waals surface area (Å²) in [4.78, 5) is 42.2. The Hall–Kier alpha value is -5.08. The summed E-state index contributed by atoms with van der Waals surface area (Å²) in [6.07, 6.45) is 3.35. The monoisotopic (exact) mass is 728 g/mol. The fourth-order valence-corrected chi connectivity index (χ4v) is 6.97. The minimum atomic E-state index is -2.63. The number of amides is 3. The number of allylic oxidation sites excluding steroid dienone is 3. The van der Waals surface area contributed by atoms with Gasteiger partial charge in [-0.2, -0.15) is 8.42 Å². The van der Waals surface area contributed by atoms with Crippen LogP contribution >= 0.6 is 0 Å². The lowest BCUT2D eigenvalue weighted by Gasteiger charge is -2.30. The highest BCUT2D eigenvalue weighted by atomic mass is 32.2. The topological polar surface area (TPSA) is 174 Å². The maximum atomic E-state index is 14.2. The summed E-state index contributed by atoms with van der Waals surface area (Å²) in [5, 5.41) is 27.8. The molecule has 5 N–H and O–H groups in total. The van der Waals surface area contributed by atoms with E-state index in [0.717, 1.165) is 5.56 Å². The third-order valence-corrected chi connectivity index (χ3v) is 9.81. The summed E-state index contributed by atoms with van der Waals surface area (Å²) in [5.41, 5.74) is 3.29. The lowest BCUT2D eigenvalue weighted by atomic mass is 9.91. The molecule has 3 amide bonds. The summed E-state index contributed by atoms with van der Waals surface area (Å²) in [5.74, 6) is -0.417. The van der Waals surface area contributed by atoms with Crippen LogP contribution in [-0.4, -0.2) is 85.7 Å². The molecule has 0 bridgehead atoms. The summed E-state index contributed by atoms with van der Waals surface area (Å²) in [6, 6.07) is 20.3. The molecular weight excluding hydrogens is 685 g/mol. The van der Waals surface area contributed by atoms with Gasteiger partial charge < -0.3 is 35.8 Å². The average molecular weight is 729 g/mol. The third kappa shape index (κ3) is 9.42. The first-order chi connectivity index (χ1) is 24.9. The second-order valence-electron chi connectivity index (χ2n) is 13.5. The van der Waals surface area contributed by atoms with Gasteiger partial charge in [-0.05, 0) is 74.2 Å². The van der Waals surface area contributed by atoms with Crippen molar-refractivity contribution in [2.45, 2.75) is 57.2 Å². The van der Waals surface area contributed by atoms with Crippen molar-refractivity contribution >= 4 is 49.8 Å². The molecule has 0 aromatic heterocycles. The number of nitrogens with zero attached hydrogens (tertiary/aromatic N) is 1. The quantitative estimate of drug-likeness (QED) is 0.166. The van der Waals surface area contributed by atoms with Crippen molar-refractivity contribution in [2.24, 2.45) is 0 Å². The van der Waals surface area contributed by atoms with Crippen molar-refractivity contribution < 1.29 is 37.8 Å². The molecule has 0 radical (unpaired) electrons. The van der Waals surface area contributed by atoms with Crippen molar-refractivity contribution in [3.63, 3.8) is 0 Å². The van der Waals surface area contributed by atoms with Gasteiger partial charge in [0.1, 0.15) is 11.8 Å². The van der Waals surface area contributed by atoms with E-state index in [2.05, 4.69) is 16.0 Å². The normalized spacial score (nSPS) is 16.6. The molecule has 3 aromatic rings. The predicted molar refractivity (Wildman–Crippen MR) is 201 cm³/mol. The SMILES string of the molecule is COc1ccc2c(c1)CC[C@@H](NC(=O)CC(C)(C)NC[C@H](O)CO)C(=O)N2CC1=CC=C(c2ccccc2NC(=O)c2ccccc2)C(=S(=O)=O)C1. The number of fused-ring (bicyclic) bond motifs is 1. The minimum absolute atomic E-state index is 0.00926. The molecule has 1 heterocycles. The minimum Gasteiger partial charge on any atom is -0.497 e. The molecule has 274 valence electrons. The van der Waals surface area contributed by atoms with Crippen LogP contribution in [0.1, 0.15) is 54.6 Å². The van der Waals surface area contributed by atoms with E-state index in [0.29, 0.717) is 52.2 Å². The number of hydrogen-bond acceptors (Lipinski definition) is 9. The first-order valence-corrected chi connectivity index (χ1v) is 18.1. The fourth-order valence-electron chi connectivity index (χ4n) is 6.31. The molecule has 0 saturated heterocycles. The van der Waals surface area contributed by atoms with E-state index in [1.165, 1.54) is 0 Å². The Balaban J connectivity index is 1.42. The van der Waals surface area contributed by atoms with Gasteiger partial charge in [0.15, 0.2) is 0 Å². The van der Waals surface area contributed by atoms with E-state index in [1.54, 1.807) is 98.7 Å². The number of carbonyl (C=O) groups excluding carboxylic acids is 3. The van der Waals surface area contributed by atoms with Gasteiger partial charge in [-0.3, -0.25) is 14.4 Å². The number of benzene rings is 3. The van der Waals surface area contributed by atoms with Gasteiger partial charge in [0.25, 0.3) is 5.91 Å². The number of methoxy groups -OCH3 is 1. The Morgan fingerprint density at radius 3 is 2.48 bits per heavy atom. The number of anilines is 2. The van der Waals surface area contributed by atoms with Crippen molar-refractivity contribution in [3.05, 3.63) is 107 Å². The lowest BCUT2D eigenvalue weighted by Crippen LogP contribution is -2.52. The molecule has 0 saturated carbocycles. The van der Waals surface area contributed by atoms with Gasteiger partial charge in [-0.15, -0.1) is 0 Å². The molecule has 0 spiro atoms. The van der Waals surface area contributed by atoms with Gasteiger partial charge in [-0.1, -0.05) is 48.6 Å². The van der Waals surface area contributed by atoms with Gasteiger partial charge in [0, 0.05) is 59.5 Å². The van der Waals surface area contributed by atoms with E-state index in [1.807, 2.05) is 12.1 Å². The number of para-hydroxylation sites is 1. The summed E-state index contributed by atoms with van der Waals surface area (Å²) < 4.78 is 30.9. The van der Waals surface area contributed by atoms with Crippen molar-refractivity contribution in [1.29, 1.82) is 0 Å². The number of aryl methyl sites for hydroxylation is 1. The van der Waals surface area contributed by atoms with Gasteiger partial charge in [-0.25, -0.2) is 0 Å². The van der Waals surface area contributed by atoms with Crippen molar-refractivity contribution in [3.8, 4) is 5.75 Å². The van der Waals surface area contributed by atoms with Crippen LogP contribution in [0.3, 0.4) is 0 Å². The highest BCUT2D eigenvalue weighted by Gasteiger charge is 2.34. The van der Waals surface area contributed by atoms with Crippen LogP contribution in [0.15, 0.2) is 90.5 Å². The number of carbonyl (C=O) groups is 3. The average Bonchev–Trinajstić information content (AvgIpc) is 3.26. The summed E-state index contributed by atoms with van der Waals surface area (Å²) in [6.45, 7) is 3.33. The van der Waals surface area contributed by atoms with Crippen LogP contribution in [-0.2, 0) is 26.3 Å². The van der Waals surface area contributed by atoms with Crippen LogP contribution < -0.4 is 25.6 Å². The number of nitrogens with one attached hydrogen (secondary N) is 3. The number of aliphatic hydroxyl groups excluding tert-OH is 2. The molecule has 12 nitrogen and oxygen atoms in total. The predicted octanol–water partition coefficient (Wildman–Crippen LogP) is 3.29. The molecule has 2 aliphatic rings. The zero-order chi connectivity index (χ0) is 37.4. The van der Waals surface area contributed by atoms with Crippen molar-refractivity contribution in [2.75, 3.05) is 37.0 Å². The number of β-amino-alcohol motifs (C(OH)–C–C–N with tert-alkyl or cyclic N) is 1. The molecule has 1 aliphatic carbocycles. The number of aliphatic hydroxyl groups is 2. The molecule has 3 aromatic carbocycles. The molecule has 1 aliphatic heterocycles. The Labute approximate surface area is 304 Å². The summed E-state index contributed by atoms with van der Waals surface area (Å²) >= 11 is 0. The first-order valence-electron chi connectivity index (χ1n) is 17.0. The number of hydrogen-bond donors (Lipinski definition) is 5. The Bertz CT molecular complexity index is 2020. The van der Waals surface area contributed by atoms with Crippen LogP contribution in [0.25, 0.3) is 5.57 Å². The molecular formula is C39H44N4O8S. The maximum absolute atomic E-state index is 14.2. The van der Waals surface area contributed by atoms with Crippen LogP contribution in [0.2, 0.25) is 0 Å². The molecule has 52 heavy (non-hydrogen) atoms.